The molecule has 1 amide bonds. The molecule has 0 aromatic rings. The number of aliphatic hydroxyl groups excluding tert-OH is 7. The van der Waals surface area contributed by atoms with Gasteiger partial charge in [0.25, 0.3) is 0 Å². The van der Waals surface area contributed by atoms with Gasteiger partial charge in [-0.3, -0.25) is 4.79 Å². The predicted octanol–water partition coefficient (Wildman–Crippen LogP) is 6.67. The molecule has 324 valence electrons. The average molecular weight is 786 g/mol. The molecule has 9 unspecified atom stereocenters. The minimum atomic E-state index is -1.67. The number of aliphatic hydroxyl groups is 7. The third kappa shape index (κ3) is 24.9. The number of unbranched alkanes of at least 4 members (excludes halogenated alkanes) is 20. The van der Waals surface area contributed by atoms with E-state index in [2.05, 4.69) is 43.5 Å². The SMILES string of the molecule is CCCCCCCCCCC/C=C/CC/C=C/CCCC(O)C(O)C(COC1OC(CO)C(O)C(O)C1O)NC(=O)C(O)CCCCCCCCCCCC. The van der Waals surface area contributed by atoms with E-state index in [1.165, 1.54) is 96.3 Å². The minimum Gasteiger partial charge on any atom is -0.394 e. The van der Waals surface area contributed by atoms with Crippen LogP contribution >= 0.6 is 0 Å². The molecule has 0 aromatic carbocycles. The lowest BCUT2D eigenvalue weighted by molar-refractivity contribution is -0.303. The highest BCUT2D eigenvalue weighted by atomic mass is 16.7. The van der Waals surface area contributed by atoms with E-state index in [0.29, 0.717) is 19.3 Å². The van der Waals surface area contributed by atoms with E-state index in [1.807, 2.05) is 0 Å². The van der Waals surface area contributed by atoms with Crippen LogP contribution in [0, 0.1) is 0 Å². The van der Waals surface area contributed by atoms with Gasteiger partial charge < -0.3 is 50.5 Å². The number of carbonyl (C=O) groups is 1. The number of carbonyl (C=O) groups excluding carboxylic acids is 1. The van der Waals surface area contributed by atoms with Crippen molar-refractivity contribution in [3.63, 3.8) is 0 Å². The van der Waals surface area contributed by atoms with Crippen LogP contribution in [-0.4, -0.2) is 110 Å². The van der Waals surface area contributed by atoms with Crippen LogP contribution in [0.1, 0.15) is 181 Å². The van der Waals surface area contributed by atoms with Crippen molar-refractivity contribution in [1.82, 2.24) is 5.32 Å². The molecule has 1 heterocycles. The molecule has 55 heavy (non-hydrogen) atoms. The Kier molecular flexibility index (Phi) is 32.5. The van der Waals surface area contributed by atoms with Gasteiger partial charge in [-0.25, -0.2) is 0 Å². The monoisotopic (exact) mass is 786 g/mol. The molecule has 8 N–H and O–H groups in total. The molecule has 0 spiro atoms. The summed E-state index contributed by atoms with van der Waals surface area (Å²) in [7, 11) is 0. The molecule has 1 aliphatic heterocycles. The first-order chi connectivity index (χ1) is 26.7. The summed E-state index contributed by atoms with van der Waals surface area (Å²) in [5, 5.41) is 75.4. The zero-order chi connectivity index (χ0) is 40.5. The van der Waals surface area contributed by atoms with Crippen molar-refractivity contribution in [2.75, 3.05) is 13.2 Å². The highest BCUT2D eigenvalue weighted by molar-refractivity contribution is 5.80. The molecule has 11 nitrogen and oxygen atoms in total. The third-order valence-corrected chi connectivity index (χ3v) is 10.7. The smallest absolute Gasteiger partial charge is 0.249 e. The number of hydrogen-bond acceptors (Lipinski definition) is 10. The van der Waals surface area contributed by atoms with E-state index >= 15 is 0 Å². The molecule has 0 bridgehead atoms. The second-order valence-electron chi connectivity index (χ2n) is 15.8. The standard InChI is InChI=1S/C44H83NO10/c1-3-5-7-9-11-13-15-16-17-18-19-20-21-22-24-25-27-29-31-36(47)39(49)35(34-54-44-42(52)41(51)40(50)38(33-46)55-44)45-43(53)37(48)32-30-28-26-23-14-12-10-8-6-4-2/h19-20,24-25,35-42,44,46-52H,3-18,21-23,26-34H2,1-2H3,(H,45,53)/b20-19+,25-24+. The zero-order valence-corrected chi connectivity index (χ0v) is 34.7. The van der Waals surface area contributed by atoms with E-state index in [0.717, 1.165) is 38.5 Å². The van der Waals surface area contributed by atoms with Crippen LogP contribution < -0.4 is 5.32 Å². The molecule has 1 fully saturated rings. The van der Waals surface area contributed by atoms with Gasteiger partial charge in [0.05, 0.1) is 25.4 Å². The molecule has 0 aromatic heterocycles. The van der Waals surface area contributed by atoms with Gasteiger partial charge in [-0.1, -0.05) is 154 Å². The summed E-state index contributed by atoms with van der Waals surface area (Å²) in [6.45, 7) is 3.38. The Labute approximate surface area is 334 Å². The predicted molar refractivity (Wildman–Crippen MR) is 219 cm³/mol. The van der Waals surface area contributed by atoms with E-state index in [4.69, 9.17) is 9.47 Å². The van der Waals surface area contributed by atoms with Gasteiger partial charge in [0.2, 0.25) is 5.91 Å². The quantitative estimate of drug-likeness (QED) is 0.0252. The molecular weight excluding hydrogens is 702 g/mol. The van der Waals surface area contributed by atoms with Gasteiger partial charge in [-0.15, -0.1) is 0 Å². The maximum absolute atomic E-state index is 13.0. The van der Waals surface area contributed by atoms with Gasteiger partial charge in [0.15, 0.2) is 6.29 Å². The number of ether oxygens (including phenoxy) is 2. The van der Waals surface area contributed by atoms with Gasteiger partial charge in [-0.05, 0) is 51.4 Å². The Balaban J connectivity index is 2.50. The second-order valence-corrected chi connectivity index (χ2v) is 15.8. The molecule has 1 saturated heterocycles. The van der Waals surface area contributed by atoms with Crippen molar-refractivity contribution >= 4 is 5.91 Å². The fourth-order valence-corrected chi connectivity index (χ4v) is 6.98. The minimum absolute atomic E-state index is 0.248. The lowest BCUT2D eigenvalue weighted by atomic mass is 9.98. The van der Waals surface area contributed by atoms with Crippen molar-refractivity contribution in [1.29, 1.82) is 0 Å². The van der Waals surface area contributed by atoms with Crippen LogP contribution in [-0.2, 0) is 14.3 Å². The summed E-state index contributed by atoms with van der Waals surface area (Å²) in [6.07, 6.45) is 25.3. The summed E-state index contributed by atoms with van der Waals surface area (Å²) in [5.74, 6) is -0.713. The molecule has 9 atom stereocenters. The Morgan fingerprint density at radius 3 is 1.62 bits per heavy atom. The Hall–Kier alpha value is -1.41. The van der Waals surface area contributed by atoms with E-state index in [9.17, 15) is 40.5 Å². The summed E-state index contributed by atoms with van der Waals surface area (Å²) in [6, 6.07) is -1.19. The van der Waals surface area contributed by atoms with Crippen LogP contribution in [0.2, 0.25) is 0 Å². The first-order valence-electron chi connectivity index (χ1n) is 22.2. The normalized spacial score (nSPS) is 22.7. The third-order valence-electron chi connectivity index (χ3n) is 10.7. The average Bonchev–Trinajstić information content (AvgIpc) is 3.18. The molecule has 11 heteroatoms. The molecule has 1 aliphatic rings. The van der Waals surface area contributed by atoms with Crippen LogP contribution in [0.15, 0.2) is 24.3 Å². The fourth-order valence-electron chi connectivity index (χ4n) is 6.98. The van der Waals surface area contributed by atoms with E-state index in [-0.39, 0.29) is 12.8 Å². The number of rotatable bonds is 36. The Morgan fingerprint density at radius 1 is 0.618 bits per heavy atom. The molecule has 0 aliphatic carbocycles. The van der Waals surface area contributed by atoms with Gasteiger partial charge >= 0.3 is 0 Å². The lowest BCUT2D eigenvalue weighted by Crippen LogP contribution is -2.60. The summed E-state index contributed by atoms with van der Waals surface area (Å²) in [4.78, 5) is 13.0. The Morgan fingerprint density at radius 2 is 1.09 bits per heavy atom. The number of hydrogen-bond donors (Lipinski definition) is 8. The van der Waals surface area contributed by atoms with Crippen LogP contribution in [0.25, 0.3) is 0 Å². The maximum atomic E-state index is 13.0. The molecule has 1 rings (SSSR count). The van der Waals surface area contributed by atoms with Crippen molar-refractivity contribution in [3.05, 3.63) is 24.3 Å². The maximum Gasteiger partial charge on any atom is 0.249 e. The first kappa shape index (κ1) is 51.6. The van der Waals surface area contributed by atoms with Crippen molar-refractivity contribution in [2.24, 2.45) is 0 Å². The molecule has 0 saturated carbocycles. The largest absolute Gasteiger partial charge is 0.394 e. The topological polar surface area (TPSA) is 189 Å². The van der Waals surface area contributed by atoms with E-state index in [1.54, 1.807) is 0 Å². The van der Waals surface area contributed by atoms with Crippen molar-refractivity contribution < 1.29 is 50.0 Å². The second kappa shape index (κ2) is 34.6. The summed E-state index contributed by atoms with van der Waals surface area (Å²) >= 11 is 0. The van der Waals surface area contributed by atoms with E-state index < -0.39 is 74.2 Å². The van der Waals surface area contributed by atoms with Gasteiger partial charge in [0, 0.05) is 0 Å². The van der Waals surface area contributed by atoms with Crippen LogP contribution in [0.5, 0.6) is 0 Å². The highest BCUT2D eigenvalue weighted by Crippen LogP contribution is 2.23. The summed E-state index contributed by atoms with van der Waals surface area (Å²) < 4.78 is 11.0. The summed E-state index contributed by atoms with van der Waals surface area (Å²) in [5.41, 5.74) is 0. The molecule has 0 radical (unpaired) electrons. The number of nitrogens with one attached hydrogen (secondary N) is 1. The van der Waals surface area contributed by atoms with Crippen molar-refractivity contribution in [2.45, 2.75) is 236 Å². The lowest BCUT2D eigenvalue weighted by Gasteiger charge is -2.40. The van der Waals surface area contributed by atoms with Crippen LogP contribution in [0.4, 0.5) is 0 Å². The first-order valence-corrected chi connectivity index (χ1v) is 22.2. The highest BCUT2D eigenvalue weighted by Gasteiger charge is 2.44. The number of amides is 1. The van der Waals surface area contributed by atoms with Gasteiger partial charge in [-0.2, -0.15) is 0 Å². The molecular formula is C44H83NO10. The van der Waals surface area contributed by atoms with Gasteiger partial charge in [0.1, 0.15) is 36.6 Å². The van der Waals surface area contributed by atoms with Crippen LogP contribution in [0.3, 0.4) is 0 Å². The zero-order valence-electron chi connectivity index (χ0n) is 34.7. The number of allylic oxidation sites excluding steroid dienone is 4. The fraction of sp³-hybridized carbons (Fsp3) is 0.886. The Bertz CT molecular complexity index is 950. The van der Waals surface area contributed by atoms with Crippen molar-refractivity contribution in [3.8, 4) is 0 Å².